The quantitative estimate of drug-likeness (QED) is 0.302. The van der Waals surface area contributed by atoms with E-state index in [9.17, 15) is 4.79 Å². The molecule has 3 heterocycles. The number of halogens is 1. The summed E-state index contributed by atoms with van der Waals surface area (Å²) >= 11 is 6.25. The number of amides is 1. The highest BCUT2D eigenvalue weighted by Gasteiger charge is 2.46. The number of alkyl carbamates (subject to hydrolysis) is 1. The molecule has 1 amide bonds. The fraction of sp³-hybridized carbons (Fsp3) is 0.393. The molecule has 0 unspecified atom stereocenters. The number of furan rings is 1. The number of rotatable bonds is 5. The topological polar surface area (TPSA) is 118 Å². The van der Waals surface area contributed by atoms with Gasteiger partial charge in [-0.1, -0.05) is 16.8 Å². The number of benzene rings is 2. The van der Waals surface area contributed by atoms with Gasteiger partial charge in [0.15, 0.2) is 5.79 Å². The van der Waals surface area contributed by atoms with Crippen LogP contribution in [0.15, 0.2) is 51.4 Å². The largest absolute Gasteiger partial charge is 0.495 e. The summed E-state index contributed by atoms with van der Waals surface area (Å²) in [5.41, 5.74) is 0.223. The van der Waals surface area contributed by atoms with Crippen LogP contribution < -0.4 is 10.1 Å². The highest BCUT2D eigenvalue weighted by molar-refractivity contribution is 6.32. The Balaban J connectivity index is 1.45. The number of nitrogens with one attached hydrogen (secondary N) is 1. The first-order valence-electron chi connectivity index (χ1n) is 12.4. The molecule has 0 saturated carbocycles. The number of methoxy groups -OCH3 is 1. The molecule has 11 heteroatoms. The molecule has 0 bridgehead atoms. The van der Waals surface area contributed by atoms with Crippen LogP contribution in [0, 0.1) is 0 Å². The van der Waals surface area contributed by atoms with E-state index in [1.54, 1.807) is 46.1 Å². The van der Waals surface area contributed by atoms with Crippen LogP contribution in [-0.4, -0.2) is 47.9 Å². The summed E-state index contributed by atoms with van der Waals surface area (Å²) in [6, 6.07) is 12.6. The molecule has 0 aliphatic carbocycles. The van der Waals surface area contributed by atoms with Crippen molar-refractivity contribution in [2.45, 2.75) is 51.5 Å². The van der Waals surface area contributed by atoms with E-state index in [0.717, 1.165) is 10.9 Å². The van der Waals surface area contributed by atoms with Crippen molar-refractivity contribution < 1.29 is 32.7 Å². The fourth-order valence-corrected chi connectivity index (χ4v) is 4.39. The Hall–Kier alpha value is -3.60. The minimum Gasteiger partial charge on any atom is -0.495 e. The molecule has 5 rings (SSSR count). The van der Waals surface area contributed by atoms with Crippen LogP contribution in [0.25, 0.3) is 33.8 Å². The number of hydrogen-bond donors (Lipinski definition) is 1. The number of hydrogen-bond acceptors (Lipinski definition) is 9. The molecule has 2 aromatic heterocycles. The van der Waals surface area contributed by atoms with Crippen molar-refractivity contribution in [1.82, 2.24) is 15.5 Å². The van der Waals surface area contributed by atoms with Crippen LogP contribution >= 0.6 is 11.6 Å². The van der Waals surface area contributed by atoms with Crippen molar-refractivity contribution in [3.8, 4) is 28.6 Å². The molecular weight excluding hydrogens is 526 g/mol. The van der Waals surface area contributed by atoms with Gasteiger partial charge in [-0.3, -0.25) is 0 Å². The Morgan fingerprint density at radius 1 is 1.05 bits per heavy atom. The Morgan fingerprint density at radius 3 is 2.44 bits per heavy atom. The monoisotopic (exact) mass is 555 g/mol. The van der Waals surface area contributed by atoms with E-state index in [-0.39, 0.29) is 13.2 Å². The predicted octanol–water partition coefficient (Wildman–Crippen LogP) is 6.31. The number of carbonyl (C=O) groups excluding carboxylic acids is 1. The second kappa shape index (κ2) is 9.86. The third kappa shape index (κ3) is 5.73. The first kappa shape index (κ1) is 27.0. The van der Waals surface area contributed by atoms with Gasteiger partial charge in [-0.25, -0.2) is 4.79 Å². The molecule has 2 aromatic carbocycles. The maximum absolute atomic E-state index is 12.8. The lowest BCUT2D eigenvalue weighted by atomic mass is 9.96. The Kier molecular flexibility index (Phi) is 6.82. The first-order valence-corrected chi connectivity index (χ1v) is 12.8. The van der Waals surface area contributed by atoms with Gasteiger partial charge in [-0.05, 0) is 77.1 Å². The van der Waals surface area contributed by atoms with Gasteiger partial charge in [-0.15, -0.1) is 0 Å². The summed E-state index contributed by atoms with van der Waals surface area (Å²) in [6.45, 7) is 9.28. The first-order chi connectivity index (χ1) is 18.4. The maximum Gasteiger partial charge on any atom is 0.408 e. The highest BCUT2D eigenvalue weighted by Crippen LogP contribution is 2.36. The van der Waals surface area contributed by atoms with Crippen LogP contribution in [0.1, 0.15) is 40.4 Å². The van der Waals surface area contributed by atoms with Crippen molar-refractivity contribution >= 4 is 28.7 Å². The van der Waals surface area contributed by atoms with E-state index in [1.165, 1.54) is 0 Å². The third-order valence-corrected chi connectivity index (χ3v) is 6.44. The summed E-state index contributed by atoms with van der Waals surface area (Å²) in [7, 11) is 1.55. The van der Waals surface area contributed by atoms with Gasteiger partial charge in [0.2, 0.25) is 5.82 Å². The maximum atomic E-state index is 12.8. The molecule has 1 aliphatic heterocycles. The molecule has 1 aliphatic rings. The van der Waals surface area contributed by atoms with Gasteiger partial charge in [0.25, 0.3) is 5.89 Å². The molecule has 206 valence electrons. The van der Waals surface area contributed by atoms with Crippen LogP contribution in [0.5, 0.6) is 5.75 Å². The number of fused-ring (bicyclic) bond motifs is 1. The molecule has 1 N–H and O–H groups in total. The van der Waals surface area contributed by atoms with E-state index in [0.29, 0.717) is 39.4 Å². The van der Waals surface area contributed by atoms with E-state index in [4.69, 9.17) is 39.5 Å². The van der Waals surface area contributed by atoms with Crippen LogP contribution in [0.4, 0.5) is 4.79 Å². The summed E-state index contributed by atoms with van der Waals surface area (Å²) in [5, 5.41) is 8.27. The highest BCUT2D eigenvalue weighted by atomic mass is 35.5. The summed E-state index contributed by atoms with van der Waals surface area (Å²) in [4.78, 5) is 17.3. The molecule has 4 aromatic rings. The van der Waals surface area contributed by atoms with Crippen molar-refractivity contribution in [1.29, 1.82) is 0 Å². The molecule has 1 saturated heterocycles. The number of aromatic nitrogens is 2. The standard InChI is InChI=1S/C28H30ClN3O7/c1-26(2,3)38-25(33)31-28(14-35-27(4,5)36-15-28)22-13-18-11-16(7-9-20(18)37-22)23-30-24(39-32-23)17-8-10-21(34-6)19(29)12-17/h7-13H,14-15H2,1-6H3,(H,31,33). The second-order valence-electron chi connectivity index (χ2n) is 10.8. The molecular formula is C28H30ClN3O7. The molecule has 39 heavy (non-hydrogen) atoms. The summed E-state index contributed by atoms with van der Waals surface area (Å²) < 4.78 is 34.2. The number of ether oxygens (including phenoxy) is 4. The minimum absolute atomic E-state index is 0.130. The average molecular weight is 556 g/mol. The van der Waals surface area contributed by atoms with Crippen LogP contribution in [0.2, 0.25) is 5.02 Å². The summed E-state index contributed by atoms with van der Waals surface area (Å²) in [6.07, 6.45) is -0.603. The third-order valence-electron chi connectivity index (χ3n) is 6.14. The van der Waals surface area contributed by atoms with Gasteiger partial charge in [0.1, 0.15) is 28.2 Å². The second-order valence-corrected chi connectivity index (χ2v) is 11.2. The Labute approximate surface area is 230 Å². The molecule has 1 fully saturated rings. The normalized spacial score (nSPS) is 16.7. The van der Waals surface area contributed by atoms with Gasteiger partial charge in [0, 0.05) is 16.5 Å². The van der Waals surface area contributed by atoms with E-state index < -0.39 is 23.0 Å². The zero-order valence-corrected chi connectivity index (χ0v) is 23.3. The molecule has 0 atom stereocenters. The lowest BCUT2D eigenvalue weighted by Crippen LogP contribution is -2.59. The SMILES string of the molecule is COc1ccc(-c2nc(-c3ccc4oc(C5(NC(=O)OC(C)(C)C)COC(C)(C)OC5)cc4c3)no2)cc1Cl. The Bertz CT molecular complexity index is 1510. The van der Waals surface area contributed by atoms with Gasteiger partial charge in [0.05, 0.1) is 25.3 Å². The van der Waals surface area contributed by atoms with Gasteiger partial charge in [-0.2, -0.15) is 4.98 Å². The van der Waals surface area contributed by atoms with E-state index >= 15 is 0 Å². The van der Waals surface area contributed by atoms with Gasteiger partial charge < -0.3 is 33.2 Å². The predicted molar refractivity (Wildman–Crippen MR) is 144 cm³/mol. The van der Waals surface area contributed by atoms with Crippen molar-refractivity contribution in [2.75, 3.05) is 20.3 Å². The van der Waals surface area contributed by atoms with Crippen LogP contribution in [0.3, 0.4) is 0 Å². The lowest BCUT2D eigenvalue weighted by Gasteiger charge is -2.42. The zero-order valence-electron chi connectivity index (χ0n) is 22.6. The lowest BCUT2D eigenvalue weighted by molar-refractivity contribution is -0.274. The van der Waals surface area contributed by atoms with Crippen molar-refractivity contribution in [3.05, 3.63) is 53.2 Å². The van der Waals surface area contributed by atoms with E-state index in [1.807, 2.05) is 38.1 Å². The molecule has 0 radical (unpaired) electrons. The summed E-state index contributed by atoms with van der Waals surface area (Å²) in [5.74, 6) is 0.940. The van der Waals surface area contributed by atoms with Crippen molar-refractivity contribution in [2.24, 2.45) is 0 Å². The Morgan fingerprint density at radius 2 is 1.77 bits per heavy atom. The van der Waals surface area contributed by atoms with Crippen LogP contribution in [-0.2, 0) is 19.7 Å². The molecule has 0 spiro atoms. The smallest absolute Gasteiger partial charge is 0.408 e. The van der Waals surface area contributed by atoms with Crippen molar-refractivity contribution in [3.63, 3.8) is 0 Å². The van der Waals surface area contributed by atoms with Gasteiger partial charge >= 0.3 is 6.09 Å². The fourth-order valence-electron chi connectivity index (χ4n) is 4.13. The zero-order chi connectivity index (χ0) is 28.0. The molecule has 10 nitrogen and oxygen atoms in total. The minimum atomic E-state index is -1.09. The number of nitrogens with zero attached hydrogens (tertiary/aromatic N) is 2. The van der Waals surface area contributed by atoms with E-state index in [2.05, 4.69) is 15.5 Å². The number of carbonyl (C=O) groups is 1. The average Bonchev–Trinajstić information content (AvgIpc) is 3.52.